The molecule has 106 valence electrons. The molecule has 1 aromatic rings. The number of hydrogen-bond donors (Lipinski definition) is 0. The number of rotatable bonds is 3. The van der Waals surface area contributed by atoms with Crippen LogP contribution in [0.5, 0.6) is 5.75 Å². The predicted octanol–water partition coefficient (Wildman–Crippen LogP) is 3.85. The summed E-state index contributed by atoms with van der Waals surface area (Å²) in [5.41, 5.74) is -3.11. The minimum absolute atomic E-state index is 0.0455. The summed E-state index contributed by atoms with van der Waals surface area (Å²) in [6, 6.07) is 1.73. The molecule has 0 aliphatic rings. The topological polar surface area (TPSA) is 26.3 Å². The number of ketones is 1. The van der Waals surface area contributed by atoms with Crippen molar-refractivity contribution in [1.29, 1.82) is 0 Å². The van der Waals surface area contributed by atoms with Gasteiger partial charge in [0.05, 0.1) is 12.2 Å². The van der Waals surface area contributed by atoms with E-state index in [0.29, 0.717) is 12.1 Å². The lowest BCUT2D eigenvalue weighted by atomic mass is 10.0. The van der Waals surface area contributed by atoms with Crippen LogP contribution in [0, 0.1) is 0 Å². The fourth-order valence-corrected chi connectivity index (χ4v) is 1.37. The second-order valence-electron chi connectivity index (χ2n) is 3.47. The smallest absolute Gasteiger partial charge is 0.454 e. The molecule has 0 aliphatic heterocycles. The van der Waals surface area contributed by atoms with E-state index in [-0.39, 0.29) is 12.4 Å². The molecule has 0 aromatic heterocycles. The number of benzene rings is 1. The second-order valence-corrected chi connectivity index (χ2v) is 3.47. The Hall–Kier alpha value is -1.73. The summed E-state index contributed by atoms with van der Waals surface area (Å²) in [4.78, 5) is 10.9. The lowest BCUT2D eigenvalue weighted by Gasteiger charge is -2.15. The normalized spacial score (nSPS) is 12.4. The zero-order chi connectivity index (χ0) is 14.8. The van der Waals surface area contributed by atoms with Crippen molar-refractivity contribution in [3.8, 4) is 5.75 Å². The molecule has 0 bridgehead atoms. The summed E-state index contributed by atoms with van der Waals surface area (Å²) in [6.07, 6.45) is -10.4. The van der Waals surface area contributed by atoms with Gasteiger partial charge in [-0.05, 0) is 25.1 Å². The SMILES string of the molecule is CCOc1ccc(C(=O)C(F)(F)F)c(C(F)(F)F)c1. The van der Waals surface area contributed by atoms with Crippen molar-refractivity contribution in [2.45, 2.75) is 19.3 Å². The Kier molecular flexibility index (Phi) is 4.12. The first-order chi connectivity index (χ1) is 8.57. The van der Waals surface area contributed by atoms with Crippen LogP contribution in [-0.2, 0) is 6.18 Å². The van der Waals surface area contributed by atoms with Gasteiger partial charge in [0.25, 0.3) is 5.78 Å². The van der Waals surface area contributed by atoms with Gasteiger partial charge in [-0.15, -0.1) is 0 Å². The molecule has 0 spiro atoms. The third-order valence-corrected chi connectivity index (χ3v) is 2.11. The van der Waals surface area contributed by atoms with Crippen molar-refractivity contribution in [3.05, 3.63) is 29.3 Å². The van der Waals surface area contributed by atoms with Crippen molar-refractivity contribution >= 4 is 5.78 Å². The molecular formula is C11H8F6O2. The van der Waals surface area contributed by atoms with Crippen LogP contribution in [0.25, 0.3) is 0 Å². The van der Waals surface area contributed by atoms with Crippen LogP contribution >= 0.6 is 0 Å². The molecule has 0 heterocycles. The van der Waals surface area contributed by atoms with Gasteiger partial charge in [-0.3, -0.25) is 4.79 Å². The average molecular weight is 286 g/mol. The zero-order valence-electron chi connectivity index (χ0n) is 9.52. The molecule has 1 rings (SSSR count). The van der Waals surface area contributed by atoms with Crippen LogP contribution < -0.4 is 4.74 Å². The van der Waals surface area contributed by atoms with Crippen molar-refractivity contribution in [2.75, 3.05) is 6.61 Å². The fraction of sp³-hybridized carbons (Fsp3) is 0.364. The van der Waals surface area contributed by atoms with E-state index in [9.17, 15) is 31.1 Å². The summed E-state index contributed by atoms with van der Waals surface area (Å²) in [6.45, 7) is 1.55. The summed E-state index contributed by atoms with van der Waals surface area (Å²) in [7, 11) is 0. The number of halogens is 6. The highest BCUT2D eigenvalue weighted by molar-refractivity contribution is 6.01. The quantitative estimate of drug-likeness (QED) is 0.623. The van der Waals surface area contributed by atoms with Gasteiger partial charge in [0, 0.05) is 5.56 Å². The molecule has 0 aliphatic carbocycles. The number of carbonyl (C=O) groups excluding carboxylic acids is 1. The van der Waals surface area contributed by atoms with Gasteiger partial charge in [-0.1, -0.05) is 0 Å². The maximum atomic E-state index is 12.6. The molecule has 0 fully saturated rings. The van der Waals surface area contributed by atoms with Gasteiger partial charge in [0.1, 0.15) is 5.75 Å². The molecule has 0 saturated carbocycles. The molecule has 0 saturated heterocycles. The molecule has 2 nitrogen and oxygen atoms in total. The minimum Gasteiger partial charge on any atom is -0.494 e. The van der Waals surface area contributed by atoms with Gasteiger partial charge in [-0.25, -0.2) is 0 Å². The third-order valence-electron chi connectivity index (χ3n) is 2.11. The Labute approximate surface area is 104 Å². The first kappa shape index (κ1) is 15.3. The van der Waals surface area contributed by atoms with Crippen LogP contribution in [0.4, 0.5) is 26.3 Å². The van der Waals surface area contributed by atoms with Gasteiger partial charge in [0.15, 0.2) is 0 Å². The molecule has 0 amide bonds. The van der Waals surface area contributed by atoms with Crippen LogP contribution in [0.15, 0.2) is 18.2 Å². The van der Waals surface area contributed by atoms with E-state index in [4.69, 9.17) is 4.74 Å². The molecule has 19 heavy (non-hydrogen) atoms. The van der Waals surface area contributed by atoms with Crippen LogP contribution in [0.2, 0.25) is 0 Å². The monoisotopic (exact) mass is 286 g/mol. The number of carbonyl (C=O) groups is 1. The summed E-state index contributed by atoms with van der Waals surface area (Å²) < 4.78 is 79.3. The molecule has 1 aromatic carbocycles. The van der Waals surface area contributed by atoms with Crippen molar-refractivity contribution < 1.29 is 35.9 Å². The Bertz CT molecular complexity index is 475. The van der Waals surface area contributed by atoms with E-state index in [2.05, 4.69) is 0 Å². The minimum atomic E-state index is -5.37. The summed E-state index contributed by atoms with van der Waals surface area (Å²) >= 11 is 0. The molecule has 0 atom stereocenters. The van der Waals surface area contributed by atoms with Gasteiger partial charge in [-0.2, -0.15) is 26.3 Å². The molecule has 0 unspecified atom stereocenters. The van der Waals surface area contributed by atoms with E-state index in [0.717, 1.165) is 6.07 Å². The van der Waals surface area contributed by atoms with Crippen LogP contribution in [-0.4, -0.2) is 18.6 Å². The summed E-state index contributed by atoms with van der Waals surface area (Å²) in [5, 5.41) is 0. The Morgan fingerprint density at radius 1 is 1.16 bits per heavy atom. The highest BCUT2D eigenvalue weighted by Crippen LogP contribution is 2.36. The van der Waals surface area contributed by atoms with E-state index >= 15 is 0 Å². The van der Waals surface area contributed by atoms with E-state index in [1.807, 2.05) is 0 Å². The molecular weight excluding hydrogens is 278 g/mol. The van der Waals surface area contributed by atoms with E-state index < -0.39 is 29.3 Å². The maximum Gasteiger partial charge on any atom is 0.454 e. The van der Waals surface area contributed by atoms with E-state index in [1.54, 1.807) is 0 Å². The van der Waals surface area contributed by atoms with Crippen molar-refractivity contribution in [3.63, 3.8) is 0 Å². The highest BCUT2D eigenvalue weighted by atomic mass is 19.4. The average Bonchev–Trinajstić information content (AvgIpc) is 2.26. The standard InChI is InChI=1S/C11H8F6O2/c1-2-19-6-3-4-7(9(18)11(15,16)17)8(5-6)10(12,13)14/h3-5H,2H2,1H3. The van der Waals surface area contributed by atoms with Crippen molar-refractivity contribution in [1.82, 2.24) is 0 Å². The molecule has 0 radical (unpaired) electrons. The number of alkyl halides is 6. The zero-order valence-corrected chi connectivity index (χ0v) is 9.52. The first-order valence-electron chi connectivity index (χ1n) is 5.03. The van der Waals surface area contributed by atoms with Gasteiger partial charge >= 0.3 is 12.4 Å². The third kappa shape index (κ3) is 3.62. The second kappa shape index (κ2) is 5.10. The Morgan fingerprint density at radius 2 is 1.74 bits per heavy atom. The fourth-order valence-electron chi connectivity index (χ4n) is 1.37. The molecule has 0 N–H and O–H groups in total. The predicted molar refractivity (Wildman–Crippen MR) is 53.0 cm³/mol. The number of ether oxygens (including phenoxy) is 1. The van der Waals surface area contributed by atoms with Crippen LogP contribution in [0.3, 0.4) is 0 Å². The lowest BCUT2D eigenvalue weighted by molar-refractivity contribution is -0.138. The number of Topliss-reactive ketones (excluding diaryl/α,β-unsaturated/α-hetero) is 1. The van der Waals surface area contributed by atoms with E-state index in [1.165, 1.54) is 6.92 Å². The van der Waals surface area contributed by atoms with Crippen molar-refractivity contribution in [2.24, 2.45) is 0 Å². The largest absolute Gasteiger partial charge is 0.494 e. The van der Waals surface area contributed by atoms with Gasteiger partial charge in [0.2, 0.25) is 0 Å². The Morgan fingerprint density at radius 3 is 2.16 bits per heavy atom. The lowest BCUT2D eigenvalue weighted by Crippen LogP contribution is -2.26. The summed E-state index contributed by atoms with van der Waals surface area (Å²) in [5.74, 6) is -2.79. The molecule has 8 heteroatoms. The highest BCUT2D eigenvalue weighted by Gasteiger charge is 2.44. The van der Waals surface area contributed by atoms with Crippen LogP contribution in [0.1, 0.15) is 22.8 Å². The Balaban J connectivity index is 3.36. The number of hydrogen-bond acceptors (Lipinski definition) is 2. The first-order valence-corrected chi connectivity index (χ1v) is 5.03. The van der Waals surface area contributed by atoms with Gasteiger partial charge < -0.3 is 4.74 Å². The maximum absolute atomic E-state index is 12.6.